The van der Waals surface area contributed by atoms with Crippen molar-refractivity contribution >= 4 is 54.7 Å². The van der Waals surface area contributed by atoms with Crippen LogP contribution >= 0.6 is 22.7 Å². The molecule has 8 heterocycles. The number of benzene rings is 2. The number of hydrogen-bond donors (Lipinski definition) is 2. The lowest BCUT2D eigenvalue weighted by Gasteiger charge is -2.11. The second kappa shape index (κ2) is 19.8. The molecule has 10 rings (SSSR count). The fourth-order valence-electron chi connectivity index (χ4n) is 7.19. The molecule has 0 spiro atoms. The van der Waals surface area contributed by atoms with Crippen LogP contribution in [-0.2, 0) is 16.5 Å². The number of rotatable bonds is 14. The van der Waals surface area contributed by atoms with E-state index in [9.17, 15) is 0 Å². The van der Waals surface area contributed by atoms with Gasteiger partial charge in [-0.05, 0) is 47.5 Å². The standard InChI is InChI=1S/C25H21N5OS.C24H22N6OS/c1-31-16-15-28-24-21-20(18-11-5-7-13-26-18)22(17-9-3-2-4-10-17)32-25(21)30-23(29-24)19-12-6-8-14-27-19;1-30-14-12-27-23(30)22-28-21(26-13-15-31-2)19-18(17-10-6-7-11-25-17)20(32-24(19)29-22)16-8-4-3-5-9-16/h2-14H,15-16H2,1H3,(H,28,29,30);3-12,14H,13,15H2,1-2H3,(H,26,28,29). The van der Waals surface area contributed by atoms with Gasteiger partial charge in [0.05, 0.1) is 35.4 Å². The van der Waals surface area contributed by atoms with E-state index in [1.54, 1.807) is 49.3 Å². The molecule has 0 bridgehead atoms. The van der Waals surface area contributed by atoms with Crippen molar-refractivity contribution in [3.05, 3.63) is 146 Å². The number of hydrogen-bond acceptors (Lipinski definition) is 14. The highest BCUT2D eigenvalue weighted by molar-refractivity contribution is 7.23. The number of methoxy groups -OCH3 is 2. The number of anilines is 2. The monoisotopic (exact) mass is 881 g/mol. The molecule has 0 fully saturated rings. The number of ether oxygens (including phenoxy) is 2. The molecule has 0 aliphatic heterocycles. The fraction of sp³-hybridized carbons (Fsp3) is 0.143. The average Bonchev–Trinajstić information content (AvgIpc) is 4.09. The summed E-state index contributed by atoms with van der Waals surface area (Å²) in [5.74, 6) is 3.40. The first kappa shape index (κ1) is 42.0. The van der Waals surface area contributed by atoms with Crippen LogP contribution < -0.4 is 10.6 Å². The van der Waals surface area contributed by atoms with Gasteiger partial charge >= 0.3 is 0 Å². The van der Waals surface area contributed by atoms with Crippen molar-refractivity contribution in [2.24, 2.45) is 7.05 Å². The molecular formula is C49H43N11O2S2. The molecule has 0 saturated carbocycles. The molecular weight excluding hydrogens is 839 g/mol. The highest BCUT2D eigenvalue weighted by Gasteiger charge is 2.25. The van der Waals surface area contributed by atoms with Crippen LogP contribution in [0.2, 0.25) is 0 Å². The molecule has 8 aromatic heterocycles. The largest absolute Gasteiger partial charge is 0.383 e. The molecule has 0 atom stereocenters. The van der Waals surface area contributed by atoms with Crippen molar-refractivity contribution in [1.82, 2.24) is 44.4 Å². The molecule has 0 amide bonds. The zero-order chi connectivity index (χ0) is 43.7. The topological polar surface area (TPSA) is 151 Å². The lowest BCUT2D eigenvalue weighted by atomic mass is 10.0. The summed E-state index contributed by atoms with van der Waals surface area (Å²) in [7, 11) is 5.32. The van der Waals surface area contributed by atoms with Gasteiger partial charge in [0.2, 0.25) is 0 Å². The number of pyridine rings is 3. The minimum atomic E-state index is 0.567. The van der Waals surface area contributed by atoms with Crippen molar-refractivity contribution in [1.29, 1.82) is 0 Å². The Morgan fingerprint density at radius 2 is 0.953 bits per heavy atom. The van der Waals surface area contributed by atoms with Gasteiger partial charge in [-0.15, -0.1) is 22.7 Å². The SMILES string of the molecule is COCCNc1nc(-c2ccccn2)nc2sc(-c3ccccc3)c(-c3ccccn3)c12.COCCNc1nc(-c2nccn2C)nc2sc(-c3ccccc3)c(-c3ccccn3)c12. The van der Waals surface area contributed by atoms with Crippen molar-refractivity contribution in [2.75, 3.05) is 51.2 Å². The predicted molar refractivity (Wildman–Crippen MR) is 258 cm³/mol. The van der Waals surface area contributed by atoms with E-state index in [0.29, 0.717) is 38.0 Å². The van der Waals surface area contributed by atoms with Gasteiger partial charge in [-0.25, -0.2) is 24.9 Å². The number of imidazole rings is 1. The summed E-state index contributed by atoms with van der Waals surface area (Å²) in [6, 6.07) is 38.3. The first-order valence-electron chi connectivity index (χ1n) is 20.6. The highest BCUT2D eigenvalue weighted by atomic mass is 32.1. The van der Waals surface area contributed by atoms with Crippen LogP contribution in [0.4, 0.5) is 11.6 Å². The van der Waals surface area contributed by atoms with E-state index in [0.717, 1.165) is 87.0 Å². The third-order valence-electron chi connectivity index (χ3n) is 10.1. The summed E-state index contributed by atoms with van der Waals surface area (Å²) in [5, 5.41) is 8.82. The Morgan fingerprint density at radius 3 is 1.39 bits per heavy atom. The predicted octanol–water partition coefficient (Wildman–Crippen LogP) is 10.4. The molecule has 0 saturated heterocycles. The van der Waals surface area contributed by atoms with E-state index in [2.05, 4.69) is 54.8 Å². The minimum Gasteiger partial charge on any atom is -0.383 e. The summed E-state index contributed by atoms with van der Waals surface area (Å²) >= 11 is 3.29. The molecule has 15 heteroatoms. The third kappa shape index (κ3) is 8.96. The Bertz CT molecular complexity index is 3090. The van der Waals surface area contributed by atoms with E-state index < -0.39 is 0 Å². The Morgan fingerprint density at radius 1 is 0.500 bits per heavy atom. The number of thiophene rings is 2. The smallest absolute Gasteiger partial charge is 0.199 e. The van der Waals surface area contributed by atoms with Crippen LogP contribution in [0.15, 0.2) is 146 Å². The van der Waals surface area contributed by atoms with Crippen LogP contribution in [0.5, 0.6) is 0 Å². The maximum atomic E-state index is 5.25. The quantitative estimate of drug-likeness (QED) is 0.100. The molecule has 318 valence electrons. The summed E-state index contributed by atoms with van der Waals surface area (Å²) in [6.07, 6.45) is 9.03. The Labute approximate surface area is 378 Å². The lowest BCUT2D eigenvalue weighted by Crippen LogP contribution is -2.10. The summed E-state index contributed by atoms with van der Waals surface area (Å²) < 4.78 is 12.4. The zero-order valence-electron chi connectivity index (χ0n) is 35.3. The number of aryl methyl sites for hydroxylation is 1. The highest BCUT2D eigenvalue weighted by Crippen LogP contribution is 2.47. The molecule has 0 radical (unpaired) electrons. The van der Waals surface area contributed by atoms with Gasteiger partial charge in [0.25, 0.3) is 0 Å². The molecule has 0 aliphatic carbocycles. The molecule has 2 N–H and O–H groups in total. The van der Waals surface area contributed by atoms with Gasteiger partial charge < -0.3 is 24.7 Å². The number of nitrogens with zero attached hydrogens (tertiary/aromatic N) is 9. The molecule has 0 unspecified atom stereocenters. The zero-order valence-corrected chi connectivity index (χ0v) is 37.0. The van der Waals surface area contributed by atoms with Crippen molar-refractivity contribution in [3.8, 4) is 66.6 Å². The third-order valence-corrected chi connectivity index (χ3v) is 12.4. The van der Waals surface area contributed by atoms with E-state index in [1.165, 1.54) is 0 Å². The Balaban J connectivity index is 0.000000162. The second-order valence-electron chi connectivity index (χ2n) is 14.3. The summed E-state index contributed by atoms with van der Waals surface area (Å²) in [4.78, 5) is 41.8. The first-order chi connectivity index (χ1) is 31.6. The van der Waals surface area contributed by atoms with Crippen LogP contribution in [-0.4, -0.2) is 85.0 Å². The van der Waals surface area contributed by atoms with Gasteiger partial charge in [-0.3, -0.25) is 15.0 Å². The number of nitrogens with one attached hydrogen (secondary N) is 2. The van der Waals surface area contributed by atoms with E-state index in [4.69, 9.17) is 29.4 Å². The molecule has 10 aromatic rings. The first-order valence-corrected chi connectivity index (χ1v) is 22.2. The van der Waals surface area contributed by atoms with Gasteiger partial charge in [0.15, 0.2) is 17.5 Å². The normalized spacial score (nSPS) is 11.1. The van der Waals surface area contributed by atoms with Crippen molar-refractivity contribution in [3.63, 3.8) is 0 Å². The van der Waals surface area contributed by atoms with Crippen LogP contribution in [0, 0.1) is 0 Å². The van der Waals surface area contributed by atoms with Crippen LogP contribution in [0.25, 0.3) is 87.0 Å². The average molecular weight is 882 g/mol. The molecule has 2 aromatic carbocycles. The fourth-order valence-corrected chi connectivity index (χ4v) is 9.56. The number of aromatic nitrogens is 9. The van der Waals surface area contributed by atoms with Gasteiger partial charge in [0.1, 0.15) is 27.0 Å². The molecule has 64 heavy (non-hydrogen) atoms. The Kier molecular flexibility index (Phi) is 13.0. The van der Waals surface area contributed by atoms with Gasteiger partial charge in [-0.2, -0.15) is 0 Å². The van der Waals surface area contributed by atoms with E-state index in [1.807, 2.05) is 121 Å². The van der Waals surface area contributed by atoms with E-state index >= 15 is 0 Å². The van der Waals surface area contributed by atoms with E-state index in [-0.39, 0.29) is 0 Å². The summed E-state index contributed by atoms with van der Waals surface area (Å²) in [6.45, 7) is 2.39. The second-order valence-corrected chi connectivity index (χ2v) is 16.3. The van der Waals surface area contributed by atoms with Crippen LogP contribution in [0.1, 0.15) is 0 Å². The van der Waals surface area contributed by atoms with Crippen molar-refractivity contribution < 1.29 is 9.47 Å². The number of fused-ring (bicyclic) bond motifs is 2. The maximum absolute atomic E-state index is 5.25. The van der Waals surface area contributed by atoms with Crippen LogP contribution in [0.3, 0.4) is 0 Å². The van der Waals surface area contributed by atoms with Gasteiger partial charge in [-0.1, -0.05) is 78.9 Å². The summed E-state index contributed by atoms with van der Waals surface area (Å²) in [5.41, 5.74) is 6.82. The maximum Gasteiger partial charge on any atom is 0.199 e. The molecule has 13 nitrogen and oxygen atoms in total. The minimum absolute atomic E-state index is 0.567. The van der Waals surface area contributed by atoms with Crippen molar-refractivity contribution in [2.45, 2.75) is 0 Å². The Hall–Kier alpha value is -7.30. The molecule has 0 aliphatic rings. The lowest BCUT2D eigenvalue weighted by molar-refractivity contribution is 0.210. The van der Waals surface area contributed by atoms with Gasteiger partial charge in [0, 0.05) is 86.2 Å².